The van der Waals surface area contributed by atoms with Gasteiger partial charge in [0.2, 0.25) is 0 Å². The van der Waals surface area contributed by atoms with Crippen molar-refractivity contribution in [2.75, 3.05) is 26.7 Å². The van der Waals surface area contributed by atoms with Crippen molar-refractivity contribution in [2.45, 2.75) is 31.7 Å². The van der Waals surface area contributed by atoms with Gasteiger partial charge in [0.05, 0.1) is 12.2 Å². The van der Waals surface area contributed by atoms with E-state index in [9.17, 15) is 0 Å². The minimum absolute atomic E-state index is 0.261. The van der Waals surface area contributed by atoms with Crippen LogP contribution in [0.1, 0.15) is 30.9 Å². The van der Waals surface area contributed by atoms with Crippen molar-refractivity contribution in [3.63, 3.8) is 0 Å². The summed E-state index contributed by atoms with van der Waals surface area (Å²) >= 11 is 0. The third-order valence-electron chi connectivity index (χ3n) is 3.25. The average Bonchev–Trinajstić information content (AvgIpc) is 2.75. The Morgan fingerprint density at radius 3 is 3.19 bits per heavy atom. The van der Waals surface area contributed by atoms with E-state index >= 15 is 0 Å². The second-order valence-electron chi connectivity index (χ2n) is 4.71. The van der Waals surface area contributed by atoms with Gasteiger partial charge in [-0.1, -0.05) is 0 Å². The van der Waals surface area contributed by atoms with E-state index in [0.717, 1.165) is 19.4 Å². The molecule has 0 bridgehead atoms. The van der Waals surface area contributed by atoms with E-state index in [1.165, 1.54) is 24.9 Å². The number of aryl methyl sites for hydroxylation is 1. The Balaban J connectivity index is 1.95. The van der Waals surface area contributed by atoms with Gasteiger partial charge in [0.1, 0.15) is 0 Å². The van der Waals surface area contributed by atoms with Gasteiger partial charge in [0, 0.05) is 19.3 Å². The fraction of sp³-hybridized carbons (Fsp3) is 0.750. The molecular weight excluding hydrogens is 202 g/mol. The first-order chi connectivity index (χ1) is 7.79. The zero-order chi connectivity index (χ0) is 11.4. The Kier molecular flexibility index (Phi) is 3.96. The molecule has 0 saturated carbocycles. The number of hydrogen-bond donors (Lipinski definition) is 1. The molecule has 4 nitrogen and oxygen atoms in total. The van der Waals surface area contributed by atoms with E-state index in [1.807, 2.05) is 6.20 Å². The molecule has 0 radical (unpaired) electrons. The molecule has 1 aromatic heterocycles. The van der Waals surface area contributed by atoms with Gasteiger partial charge in [-0.25, -0.2) is 0 Å². The van der Waals surface area contributed by atoms with Crippen LogP contribution in [0.15, 0.2) is 12.4 Å². The Morgan fingerprint density at radius 1 is 1.56 bits per heavy atom. The Labute approximate surface area is 96.9 Å². The van der Waals surface area contributed by atoms with Crippen LogP contribution in [0.4, 0.5) is 0 Å². The molecule has 0 aliphatic carbocycles. The summed E-state index contributed by atoms with van der Waals surface area (Å²) in [4.78, 5) is 2.36. The lowest BCUT2D eigenvalue weighted by Gasteiger charge is -2.29. The molecule has 0 aromatic carbocycles. The summed E-state index contributed by atoms with van der Waals surface area (Å²) in [5.41, 5.74) is 1.24. The molecule has 1 unspecified atom stereocenters. The normalized spacial score (nSPS) is 22.5. The van der Waals surface area contributed by atoms with Gasteiger partial charge in [-0.05, 0) is 44.8 Å². The van der Waals surface area contributed by atoms with Gasteiger partial charge in [-0.3, -0.25) is 4.68 Å². The molecule has 16 heavy (non-hydrogen) atoms. The van der Waals surface area contributed by atoms with Crippen molar-refractivity contribution in [1.82, 2.24) is 14.7 Å². The second-order valence-corrected chi connectivity index (χ2v) is 4.71. The van der Waals surface area contributed by atoms with E-state index in [2.05, 4.69) is 27.9 Å². The summed E-state index contributed by atoms with van der Waals surface area (Å²) in [6.45, 7) is 2.56. The Bertz CT molecular complexity index is 324. The van der Waals surface area contributed by atoms with E-state index in [4.69, 9.17) is 5.11 Å². The van der Waals surface area contributed by atoms with Crippen LogP contribution in [-0.4, -0.2) is 46.5 Å². The third kappa shape index (κ3) is 2.83. The van der Waals surface area contributed by atoms with E-state index < -0.39 is 0 Å². The number of aliphatic hydroxyl groups is 1. The average molecular weight is 223 g/mol. The van der Waals surface area contributed by atoms with Crippen LogP contribution in [0.5, 0.6) is 0 Å². The molecule has 0 amide bonds. The Hall–Kier alpha value is -0.870. The first kappa shape index (κ1) is 11.6. The van der Waals surface area contributed by atoms with Crippen molar-refractivity contribution in [3.8, 4) is 0 Å². The van der Waals surface area contributed by atoms with Crippen molar-refractivity contribution in [1.29, 1.82) is 0 Å². The van der Waals surface area contributed by atoms with Crippen molar-refractivity contribution >= 4 is 0 Å². The van der Waals surface area contributed by atoms with Gasteiger partial charge in [0.25, 0.3) is 0 Å². The number of aliphatic hydroxyl groups excluding tert-OH is 1. The summed E-state index contributed by atoms with van der Waals surface area (Å²) in [5.74, 6) is 0. The maximum absolute atomic E-state index is 8.78. The first-order valence-corrected chi connectivity index (χ1v) is 6.12. The fourth-order valence-electron chi connectivity index (χ4n) is 2.34. The predicted octanol–water partition coefficient (Wildman–Crippen LogP) is 1.07. The summed E-state index contributed by atoms with van der Waals surface area (Å²) < 4.78 is 2.10. The number of hydrogen-bond acceptors (Lipinski definition) is 3. The highest BCUT2D eigenvalue weighted by Crippen LogP contribution is 2.20. The van der Waals surface area contributed by atoms with Crippen LogP contribution in [0.3, 0.4) is 0 Å². The van der Waals surface area contributed by atoms with Crippen LogP contribution >= 0.6 is 0 Å². The monoisotopic (exact) mass is 223 g/mol. The Morgan fingerprint density at radius 2 is 2.44 bits per heavy atom. The van der Waals surface area contributed by atoms with E-state index in [1.54, 1.807) is 0 Å². The molecule has 1 N–H and O–H groups in total. The number of nitrogens with zero attached hydrogens (tertiary/aromatic N) is 3. The van der Waals surface area contributed by atoms with Crippen molar-refractivity contribution < 1.29 is 5.11 Å². The SMILES string of the molecule is CN1CCCC(n2cc(CCCO)cn2)C1. The number of rotatable bonds is 4. The number of aromatic nitrogens is 2. The lowest BCUT2D eigenvalue weighted by molar-refractivity contribution is 0.202. The van der Waals surface area contributed by atoms with Crippen LogP contribution in [0.2, 0.25) is 0 Å². The fourth-order valence-corrected chi connectivity index (χ4v) is 2.34. The molecule has 0 spiro atoms. The van der Waals surface area contributed by atoms with Crippen LogP contribution in [0.25, 0.3) is 0 Å². The highest BCUT2D eigenvalue weighted by atomic mass is 16.2. The number of likely N-dealkylation sites (tertiary alicyclic amines) is 1. The number of likely N-dealkylation sites (N-methyl/N-ethyl adjacent to an activating group) is 1. The smallest absolute Gasteiger partial charge is 0.0646 e. The molecule has 1 aliphatic heterocycles. The molecule has 1 aromatic rings. The maximum atomic E-state index is 8.78. The van der Waals surface area contributed by atoms with Crippen LogP contribution in [-0.2, 0) is 6.42 Å². The highest BCUT2D eigenvalue weighted by Gasteiger charge is 2.19. The molecule has 1 fully saturated rings. The molecule has 1 atom stereocenters. The maximum Gasteiger partial charge on any atom is 0.0646 e. The van der Waals surface area contributed by atoms with Crippen LogP contribution in [0, 0.1) is 0 Å². The number of piperidine rings is 1. The molecule has 2 rings (SSSR count). The van der Waals surface area contributed by atoms with Gasteiger partial charge in [-0.2, -0.15) is 5.10 Å². The van der Waals surface area contributed by atoms with Crippen molar-refractivity contribution in [3.05, 3.63) is 18.0 Å². The molecule has 90 valence electrons. The van der Waals surface area contributed by atoms with Crippen molar-refractivity contribution in [2.24, 2.45) is 0 Å². The zero-order valence-electron chi connectivity index (χ0n) is 9.97. The predicted molar refractivity (Wildman–Crippen MR) is 63.4 cm³/mol. The van der Waals surface area contributed by atoms with Crippen LogP contribution < -0.4 is 0 Å². The summed E-state index contributed by atoms with van der Waals surface area (Å²) in [7, 11) is 2.17. The quantitative estimate of drug-likeness (QED) is 0.830. The standard InChI is InChI=1S/C12H21N3O/c1-14-6-2-5-12(10-14)15-9-11(8-13-15)4-3-7-16/h8-9,12,16H,2-7,10H2,1H3. The largest absolute Gasteiger partial charge is 0.396 e. The molecule has 1 saturated heterocycles. The lowest BCUT2D eigenvalue weighted by atomic mass is 10.1. The highest BCUT2D eigenvalue weighted by molar-refractivity contribution is 5.04. The van der Waals surface area contributed by atoms with E-state index in [0.29, 0.717) is 6.04 Å². The van der Waals surface area contributed by atoms with Gasteiger partial charge < -0.3 is 10.0 Å². The first-order valence-electron chi connectivity index (χ1n) is 6.12. The molecular formula is C12H21N3O. The summed E-state index contributed by atoms with van der Waals surface area (Å²) in [5, 5.41) is 13.2. The van der Waals surface area contributed by atoms with Gasteiger partial charge in [0.15, 0.2) is 0 Å². The van der Waals surface area contributed by atoms with E-state index in [-0.39, 0.29) is 6.61 Å². The minimum atomic E-state index is 0.261. The third-order valence-corrected chi connectivity index (χ3v) is 3.25. The zero-order valence-corrected chi connectivity index (χ0v) is 9.97. The minimum Gasteiger partial charge on any atom is -0.396 e. The van der Waals surface area contributed by atoms with Gasteiger partial charge in [-0.15, -0.1) is 0 Å². The molecule has 1 aliphatic rings. The second kappa shape index (κ2) is 5.46. The van der Waals surface area contributed by atoms with Gasteiger partial charge >= 0.3 is 0 Å². The summed E-state index contributed by atoms with van der Waals surface area (Å²) in [6.07, 6.45) is 8.32. The molecule has 4 heteroatoms. The molecule has 2 heterocycles. The summed E-state index contributed by atoms with van der Waals surface area (Å²) in [6, 6.07) is 0.529. The topological polar surface area (TPSA) is 41.3 Å². The lowest BCUT2D eigenvalue weighted by Crippen LogP contribution is -2.33.